The lowest BCUT2D eigenvalue weighted by Crippen LogP contribution is -2.37. The van der Waals surface area contributed by atoms with Gasteiger partial charge in [0, 0.05) is 15.8 Å². The molecule has 4 rings (SSSR count). The SMILES string of the molecule is Cc1ccc(N2C(=O)N(c3ccc(Br)cc3)[C@H]3CS(=O)(=O)C[C@@H]32)cc1. The number of nitrogens with zero attached hydrogens (tertiary/aromatic N) is 2. The smallest absolute Gasteiger partial charge is 0.288 e. The van der Waals surface area contributed by atoms with Crippen molar-refractivity contribution >= 4 is 43.2 Å². The molecule has 2 aliphatic rings. The quantitative estimate of drug-likeness (QED) is 0.699. The number of hydrogen-bond acceptors (Lipinski definition) is 3. The van der Waals surface area contributed by atoms with Gasteiger partial charge in [0.25, 0.3) is 0 Å². The van der Waals surface area contributed by atoms with Crippen LogP contribution >= 0.6 is 15.9 Å². The van der Waals surface area contributed by atoms with E-state index in [0.29, 0.717) is 0 Å². The van der Waals surface area contributed by atoms with Gasteiger partial charge < -0.3 is 0 Å². The van der Waals surface area contributed by atoms with Crippen molar-refractivity contribution in [2.24, 2.45) is 0 Å². The highest BCUT2D eigenvalue weighted by Crippen LogP contribution is 2.38. The third kappa shape index (κ3) is 2.85. The van der Waals surface area contributed by atoms with E-state index in [2.05, 4.69) is 15.9 Å². The summed E-state index contributed by atoms with van der Waals surface area (Å²) in [6, 6.07) is 14.1. The van der Waals surface area contributed by atoms with Crippen LogP contribution in [0.15, 0.2) is 53.0 Å². The molecule has 0 spiro atoms. The zero-order valence-electron chi connectivity index (χ0n) is 13.6. The lowest BCUT2D eigenvalue weighted by molar-refractivity contribution is 0.255. The Bertz CT molecular complexity index is 856. The summed E-state index contributed by atoms with van der Waals surface area (Å²) in [5, 5.41) is 0. The van der Waals surface area contributed by atoms with Crippen LogP contribution < -0.4 is 9.80 Å². The molecule has 0 unspecified atom stereocenters. The van der Waals surface area contributed by atoms with E-state index in [0.717, 1.165) is 21.4 Å². The highest BCUT2D eigenvalue weighted by molar-refractivity contribution is 9.10. The van der Waals surface area contributed by atoms with Gasteiger partial charge in [0.2, 0.25) is 0 Å². The number of hydrogen-bond donors (Lipinski definition) is 0. The standard InChI is InChI=1S/C18H17BrN2O3S/c1-12-2-6-14(7-3-12)20-16-10-25(23,24)11-17(16)21(18(20)22)15-8-4-13(19)5-9-15/h2-9,16-17H,10-11H2,1H3/t16-,17-/m0/s1. The monoisotopic (exact) mass is 420 g/mol. The Morgan fingerprint density at radius 3 is 1.80 bits per heavy atom. The van der Waals surface area contributed by atoms with Crippen LogP contribution in [0.25, 0.3) is 0 Å². The van der Waals surface area contributed by atoms with Crippen molar-refractivity contribution in [1.82, 2.24) is 0 Å². The number of anilines is 2. The first-order chi connectivity index (χ1) is 11.9. The molecule has 0 N–H and O–H groups in total. The lowest BCUT2D eigenvalue weighted by Gasteiger charge is -2.22. The van der Waals surface area contributed by atoms with E-state index in [-0.39, 0.29) is 29.6 Å². The average molecular weight is 421 g/mol. The number of amides is 2. The predicted molar refractivity (Wildman–Crippen MR) is 102 cm³/mol. The average Bonchev–Trinajstić information content (AvgIpc) is 2.99. The van der Waals surface area contributed by atoms with E-state index in [9.17, 15) is 13.2 Å². The van der Waals surface area contributed by atoms with Crippen LogP contribution in [0.1, 0.15) is 5.56 Å². The minimum Gasteiger partial charge on any atom is -0.288 e. The summed E-state index contributed by atoms with van der Waals surface area (Å²) in [6.45, 7) is 1.98. The Morgan fingerprint density at radius 1 is 0.880 bits per heavy atom. The van der Waals surface area contributed by atoms with Crippen molar-refractivity contribution in [2.45, 2.75) is 19.0 Å². The minimum absolute atomic E-state index is 0.00182. The normalized spacial score (nSPS) is 24.6. The van der Waals surface area contributed by atoms with Crippen molar-refractivity contribution in [3.05, 3.63) is 58.6 Å². The largest absolute Gasteiger partial charge is 0.329 e. The minimum atomic E-state index is -3.17. The molecule has 0 saturated carbocycles. The van der Waals surface area contributed by atoms with Crippen molar-refractivity contribution in [1.29, 1.82) is 0 Å². The molecule has 2 aromatic carbocycles. The fraction of sp³-hybridized carbons (Fsp3) is 0.278. The van der Waals surface area contributed by atoms with E-state index in [1.54, 1.807) is 9.80 Å². The van der Waals surface area contributed by atoms with Gasteiger partial charge in [-0.2, -0.15) is 0 Å². The number of benzene rings is 2. The predicted octanol–water partition coefficient (Wildman–Crippen LogP) is 3.37. The summed E-state index contributed by atoms with van der Waals surface area (Å²) in [5.74, 6) is 0.00609. The van der Waals surface area contributed by atoms with Crippen LogP contribution in [-0.4, -0.2) is 38.0 Å². The maximum Gasteiger partial charge on any atom is 0.329 e. The zero-order chi connectivity index (χ0) is 17.8. The molecule has 2 heterocycles. The van der Waals surface area contributed by atoms with Gasteiger partial charge in [-0.05, 0) is 43.3 Å². The van der Waals surface area contributed by atoms with Crippen LogP contribution in [0.2, 0.25) is 0 Å². The number of sulfone groups is 1. The molecular formula is C18H17BrN2O3S. The fourth-order valence-electron chi connectivity index (χ4n) is 3.61. The van der Waals surface area contributed by atoms with Crippen molar-refractivity contribution in [3.63, 3.8) is 0 Å². The van der Waals surface area contributed by atoms with Crippen LogP contribution in [-0.2, 0) is 9.84 Å². The Hall–Kier alpha value is -1.86. The molecule has 2 aromatic rings. The van der Waals surface area contributed by atoms with Crippen molar-refractivity contribution in [3.8, 4) is 0 Å². The number of halogens is 1. The first-order valence-electron chi connectivity index (χ1n) is 8.01. The maximum atomic E-state index is 13.1. The highest BCUT2D eigenvalue weighted by atomic mass is 79.9. The highest BCUT2D eigenvalue weighted by Gasteiger charge is 2.54. The molecule has 2 atom stereocenters. The van der Waals surface area contributed by atoms with Crippen molar-refractivity contribution < 1.29 is 13.2 Å². The van der Waals surface area contributed by atoms with Gasteiger partial charge in [0.1, 0.15) is 0 Å². The Balaban J connectivity index is 1.79. The number of fused-ring (bicyclic) bond motifs is 1. The summed E-state index contributed by atoms with van der Waals surface area (Å²) < 4.78 is 25.4. The van der Waals surface area contributed by atoms with E-state index in [1.807, 2.05) is 55.5 Å². The van der Waals surface area contributed by atoms with Gasteiger partial charge in [-0.1, -0.05) is 33.6 Å². The van der Waals surface area contributed by atoms with Gasteiger partial charge in [-0.3, -0.25) is 9.80 Å². The Morgan fingerprint density at radius 2 is 1.32 bits per heavy atom. The molecular weight excluding hydrogens is 404 g/mol. The molecule has 5 nitrogen and oxygen atoms in total. The van der Waals surface area contributed by atoms with Gasteiger partial charge in [0.15, 0.2) is 9.84 Å². The molecule has 2 saturated heterocycles. The number of carbonyl (C=O) groups excluding carboxylic acids is 1. The second kappa shape index (κ2) is 5.85. The third-order valence-electron chi connectivity index (χ3n) is 4.79. The van der Waals surface area contributed by atoms with Crippen molar-refractivity contribution in [2.75, 3.05) is 21.3 Å². The number of urea groups is 1. The first-order valence-corrected chi connectivity index (χ1v) is 10.6. The zero-order valence-corrected chi connectivity index (χ0v) is 16.0. The summed E-state index contributed by atoms with van der Waals surface area (Å²) in [4.78, 5) is 16.4. The molecule has 0 aromatic heterocycles. The van der Waals surface area contributed by atoms with Gasteiger partial charge in [-0.15, -0.1) is 0 Å². The lowest BCUT2D eigenvalue weighted by atomic mass is 10.1. The summed E-state index contributed by atoms with van der Waals surface area (Å²) in [6.07, 6.45) is 0. The van der Waals surface area contributed by atoms with Gasteiger partial charge in [-0.25, -0.2) is 13.2 Å². The first kappa shape index (κ1) is 16.6. The number of aryl methyl sites for hydroxylation is 1. The molecule has 0 radical (unpaired) electrons. The summed E-state index contributed by atoms with van der Waals surface area (Å²) in [5.41, 5.74) is 2.55. The summed E-state index contributed by atoms with van der Waals surface area (Å²) in [7, 11) is -3.17. The van der Waals surface area contributed by atoms with Crippen LogP contribution in [0, 0.1) is 6.92 Å². The van der Waals surface area contributed by atoms with Crippen LogP contribution in [0.3, 0.4) is 0 Å². The Labute approximate surface area is 155 Å². The topological polar surface area (TPSA) is 57.7 Å². The number of rotatable bonds is 2. The van der Waals surface area contributed by atoms with Gasteiger partial charge in [0.05, 0.1) is 23.6 Å². The maximum absolute atomic E-state index is 13.1. The second-order valence-corrected chi connectivity index (χ2v) is 9.62. The molecule has 2 amide bonds. The molecule has 25 heavy (non-hydrogen) atoms. The van der Waals surface area contributed by atoms with E-state index >= 15 is 0 Å². The molecule has 130 valence electrons. The fourth-order valence-corrected chi connectivity index (χ4v) is 5.80. The number of carbonyl (C=O) groups is 1. The van der Waals surface area contributed by atoms with Crippen LogP contribution in [0.5, 0.6) is 0 Å². The van der Waals surface area contributed by atoms with Gasteiger partial charge >= 0.3 is 6.03 Å². The van der Waals surface area contributed by atoms with Crippen LogP contribution in [0.4, 0.5) is 16.2 Å². The summed E-state index contributed by atoms with van der Waals surface area (Å²) >= 11 is 3.39. The molecule has 2 fully saturated rings. The Kier molecular flexibility index (Phi) is 3.88. The molecule has 2 aliphatic heterocycles. The molecule has 0 aliphatic carbocycles. The van der Waals surface area contributed by atoms with E-state index in [4.69, 9.17) is 0 Å². The second-order valence-electron chi connectivity index (χ2n) is 6.55. The van der Waals surface area contributed by atoms with E-state index < -0.39 is 9.84 Å². The molecule has 7 heteroatoms. The molecule has 0 bridgehead atoms. The third-order valence-corrected chi connectivity index (χ3v) is 7.01. The van der Waals surface area contributed by atoms with E-state index in [1.165, 1.54) is 0 Å².